The van der Waals surface area contributed by atoms with E-state index in [-0.39, 0.29) is 5.54 Å². The van der Waals surface area contributed by atoms with Gasteiger partial charge in [-0.15, -0.1) is 0 Å². The van der Waals surface area contributed by atoms with Crippen LogP contribution in [0.4, 0.5) is 0 Å². The summed E-state index contributed by atoms with van der Waals surface area (Å²) in [6, 6.07) is 0. The molecule has 0 amide bonds. The number of nitrogens with two attached hydrogens (primary N) is 1. The highest BCUT2D eigenvalue weighted by Crippen LogP contribution is 2.32. The predicted octanol–water partition coefficient (Wildman–Crippen LogP) is 1.01. The van der Waals surface area contributed by atoms with Crippen molar-refractivity contribution in [1.29, 1.82) is 0 Å². The Balaban J connectivity index is 2.01. The Labute approximate surface area is 123 Å². The zero-order valence-electron chi connectivity index (χ0n) is 12.7. The molecule has 0 aromatic heterocycles. The number of rotatable bonds is 3. The van der Waals surface area contributed by atoms with E-state index in [9.17, 15) is 8.42 Å². The highest BCUT2D eigenvalue weighted by atomic mass is 32.2. The smallest absolute Gasteiger partial charge is 0.211 e. The van der Waals surface area contributed by atoms with Crippen molar-refractivity contribution in [3.05, 3.63) is 0 Å². The molecule has 0 unspecified atom stereocenters. The van der Waals surface area contributed by atoms with Crippen molar-refractivity contribution in [2.24, 2.45) is 5.73 Å². The molecule has 1 aliphatic heterocycles. The number of sulfonamides is 1. The minimum absolute atomic E-state index is 0.115. The van der Waals surface area contributed by atoms with Crippen LogP contribution in [0.3, 0.4) is 0 Å². The zero-order valence-corrected chi connectivity index (χ0v) is 13.5. The highest BCUT2D eigenvalue weighted by molar-refractivity contribution is 7.88. The molecule has 1 saturated heterocycles. The van der Waals surface area contributed by atoms with Gasteiger partial charge in [-0.05, 0) is 12.8 Å². The molecular formula is C14H29N3O2S. The van der Waals surface area contributed by atoms with Gasteiger partial charge < -0.3 is 5.73 Å². The molecule has 0 spiro atoms. The fraction of sp³-hybridized carbons (Fsp3) is 1.00. The van der Waals surface area contributed by atoms with Crippen LogP contribution in [-0.2, 0) is 10.0 Å². The number of hydrogen-bond donors (Lipinski definition) is 1. The Morgan fingerprint density at radius 3 is 1.90 bits per heavy atom. The van der Waals surface area contributed by atoms with Gasteiger partial charge in [0.1, 0.15) is 0 Å². The van der Waals surface area contributed by atoms with E-state index in [4.69, 9.17) is 5.73 Å². The topological polar surface area (TPSA) is 66.6 Å². The molecule has 0 aromatic rings. The molecule has 1 aliphatic carbocycles. The summed E-state index contributed by atoms with van der Waals surface area (Å²) in [5.74, 6) is 0. The van der Waals surface area contributed by atoms with Gasteiger partial charge in [0, 0.05) is 38.3 Å². The number of piperazine rings is 1. The monoisotopic (exact) mass is 303 g/mol. The summed E-state index contributed by atoms with van der Waals surface area (Å²) in [5.41, 5.74) is 6.25. The summed E-state index contributed by atoms with van der Waals surface area (Å²) >= 11 is 0. The van der Waals surface area contributed by atoms with E-state index in [1.807, 2.05) is 0 Å². The number of nitrogens with zero attached hydrogens (tertiary/aromatic N) is 2. The van der Waals surface area contributed by atoms with Gasteiger partial charge in [-0.1, -0.05) is 32.1 Å². The molecule has 1 saturated carbocycles. The third kappa shape index (κ3) is 3.72. The largest absolute Gasteiger partial charge is 0.329 e. The maximum atomic E-state index is 11.6. The molecule has 2 rings (SSSR count). The predicted molar refractivity (Wildman–Crippen MR) is 82.1 cm³/mol. The van der Waals surface area contributed by atoms with Gasteiger partial charge in [0.05, 0.1) is 6.26 Å². The first-order valence-electron chi connectivity index (χ1n) is 7.88. The summed E-state index contributed by atoms with van der Waals surface area (Å²) in [5, 5.41) is 0. The average molecular weight is 303 g/mol. The summed E-state index contributed by atoms with van der Waals surface area (Å²) in [6.45, 7) is 3.57. The Morgan fingerprint density at radius 1 is 0.950 bits per heavy atom. The van der Waals surface area contributed by atoms with E-state index in [2.05, 4.69) is 4.90 Å². The van der Waals surface area contributed by atoms with Crippen molar-refractivity contribution in [2.75, 3.05) is 39.0 Å². The second kappa shape index (κ2) is 6.73. The van der Waals surface area contributed by atoms with Gasteiger partial charge in [-0.25, -0.2) is 8.42 Å². The van der Waals surface area contributed by atoms with Crippen molar-refractivity contribution >= 4 is 10.0 Å². The van der Waals surface area contributed by atoms with Gasteiger partial charge in [0.25, 0.3) is 0 Å². The Kier molecular flexibility index (Phi) is 5.45. The van der Waals surface area contributed by atoms with Gasteiger partial charge in [0.2, 0.25) is 10.0 Å². The van der Waals surface area contributed by atoms with Crippen LogP contribution in [0.2, 0.25) is 0 Å². The fourth-order valence-electron chi connectivity index (χ4n) is 3.71. The van der Waals surface area contributed by atoms with Crippen LogP contribution in [0, 0.1) is 0 Å². The van der Waals surface area contributed by atoms with Gasteiger partial charge in [0.15, 0.2) is 0 Å². The first-order valence-corrected chi connectivity index (χ1v) is 9.73. The van der Waals surface area contributed by atoms with E-state index < -0.39 is 10.0 Å². The minimum Gasteiger partial charge on any atom is -0.329 e. The maximum Gasteiger partial charge on any atom is 0.211 e. The molecule has 0 bridgehead atoms. The first-order chi connectivity index (χ1) is 9.48. The van der Waals surface area contributed by atoms with Gasteiger partial charge in [-0.2, -0.15) is 4.31 Å². The lowest BCUT2D eigenvalue weighted by Gasteiger charge is -2.48. The molecule has 0 radical (unpaired) electrons. The van der Waals surface area contributed by atoms with Crippen LogP contribution in [-0.4, -0.2) is 62.1 Å². The summed E-state index contributed by atoms with van der Waals surface area (Å²) < 4.78 is 24.8. The second-order valence-electron chi connectivity index (χ2n) is 6.35. The van der Waals surface area contributed by atoms with Crippen molar-refractivity contribution in [1.82, 2.24) is 9.21 Å². The van der Waals surface area contributed by atoms with Crippen LogP contribution in [0.25, 0.3) is 0 Å². The third-order valence-corrected chi connectivity index (χ3v) is 6.35. The molecule has 6 heteroatoms. The van der Waals surface area contributed by atoms with E-state index >= 15 is 0 Å². The van der Waals surface area contributed by atoms with E-state index in [1.54, 1.807) is 4.31 Å². The van der Waals surface area contributed by atoms with Crippen molar-refractivity contribution in [2.45, 2.75) is 50.5 Å². The van der Waals surface area contributed by atoms with Crippen LogP contribution >= 0.6 is 0 Å². The molecule has 0 atom stereocenters. The van der Waals surface area contributed by atoms with E-state index in [0.717, 1.165) is 13.1 Å². The second-order valence-corrected chi connectivity index (χ2v) is 8.33. The fourth-order valence-corrected chi connectivity index (χ4v) is 4.53. The minimum atomic E-state index is -3.04. The molecule has 5 nitrogen and oxygen atoms in total. The van der Waals surface area contributed by atoms with Crippen molar-refractivity contribution < 1.29 is 8.42 Å². The van der Waals surface area contributed by atoms with Crippen LogP contribution in [0.15, 0.2) is 0 Å². The van der Waals surface area contributed by atoms with Crippen LogP contribution in [0.5, 0.6) is 0 Å². The van der Waals surface area contributed by atoms with Crippen molar-refractivity contribution in [3.63, 3.8) is 0 Å². The van der Waals surface area contributed by atoms with E-state index in [1.165, 1.54) is 51.2 Å². The van der Waals surface area contributed by atoms with Crippen molar-refractivity contribution in [3.8, 4) is 0 Å². The molecule has 1 heterocycles. The quantitative estimate of drug-likeness (QED) is 0.845. The highest BCUT2D eigenvalue weighted by Gasteiger charge is 2.37. The lowest BCUT2D eigenvalue weighted by atomic mass is 9.82. The Morgan fingerprint density at radius 2 is 1.45 bits per heavy atom. The number of hydrogen-bond acceptors (Lipinski definition) is 4. The molecule has 2 N–H and O–H groups in total. The van der Waals surface area contributed by atoms with Crippen LogP contribution in [0.1, 0.15) is 44.9 Å². The average Bonchev–Trinajstić information content (AvgIpc) is 2.39. The SMILES string of the molecule is CS(=O)(=O)N1CCN(C2(CN)CCCCCCC2)CC1. The lowest BCUT2D eigenvalue weighted by molar-refractivity contribution is 0.0384. The zero-order chi connectivity index (χ0) is 14.6. The van der Waals surface area contributed by atoms with E-state index in [0.29, 0.717) is 19.6 Å². The summed E-state index contributed by atoms with van der Waals surface area (Å²) in [6.07, 6.45) is 10.1. The summed E-state index contributed by atoms with van der Waals surface area (Å²) in [4.78, 5) is 2.47. The summed E-state index contributed by atoms with van der Waals surface area (Å²) in [7, 11) is -3.04. The molecule has 118 valence electrons. The Bertz CT molecular complexity index is 395. The molecule has 2 aliphatic rings. The standard InChI is InChI=1S/C14H29N3O2S/c1-20(18,19)17-11-9-16(10-12-17)14(13-15)7-5-3-2-4-6-8-14/h2-13,15H2,1H3. The maximum absolute atomic E-state index is 11.6. The molecule has 0 aromatic carbocycles. The molecule has 2 fully saturated rings. The lowest BCUT2D eigenvalue weighted by Crippen LogP contribution is -2.60. The molecule has 20 heavy (non-hydrogen) atoms. The first kappa shape index (κ1) is 16.2. The third-order valence-electron chi connectivity index (χ3n) is 5.04. The Hall–Kier alpha value is -0.170. The molecular weight excluding hydrogens is 274 g/mol. The normalized spacial score (nSPS) is 26.9. The van der Waals surface area contributed by atoms with Gasteiger partial charge >= 0.3 is 0 Å². The van der Waals surface area contributed by atoms with Gasteiger partial charge in [-0.3, -0.25) is 4.90 Å². The van der Waals surface area contributed by atoms with Crippen LogP contribution < -0.4 is 5.73 Å².